The molecular formula is C41H61NO4. The van der Waals surface area contributed by atoms with Crippen LogP contribution in [0, 0.1) is 56.7 Å². The standard InChI is InChI=1S/C41H61NO4/c1-26(2)30-15-21-41(36(44)42-24-18-28-11-10-12-29(25-28)45-9)23-22-39(7)31(35(30)41)13-14-33-38(6)19-17-34(46-27(3)43)37(4,5)32(38)16-20-40(33,39)8/h10-12,25,30-35H,1,13-24H2,2-9H3,(H,42,44)/t30-,31+,32?,33+,34-,35?,38?,39+,40+,41-/m0/s1. The van der Waals surface area contributed by atoms with Crippen LogP contribution in [-0.2, 0) is 20.7 Å². The van der Waals surface area contributed by atoms with Gasteiger partial charge >= 0.3 is 5.97 Å². The number of hydrogen-bond acceptors (Lipinski definition) is 4. The molecule has 0 heterocycles. The molecule has 5 fully saturated rings. The average molecular weight is 632 g/mol. The average Bonchev–Trinajstić information content (AvgIpc) is 3.40. The van der Waals surface area contributed by atoms with E-state index in [0.717, 1.165) is 50.7 Å². The first-order valence-electron chi connectivity index (χ1n) is 18.4. The summed E-state index contributed by atoms with van der Waals surface area (Å²) in [6.07, 6.45) is 12.0. The highest BCUT2D eigenvalue weighted by Gasteiger charge is 2.72. The van der Waals surface area contributed by atoms with Gasteiger partial charge in [-0.25, -0.2) is 0 Å². The maximum atomic E-state index is 14.4. The van der Waals surface area contributed by atoms with Crippen molar-refractivity contribution in [2.24, 2.45) is 56.7 Å². The smallest absolute Gasteiger partial charge is 0.302 e. The van der Waals surface area contributed by atoms with Gasteiger partial charge in [-0.1, -0.05) is 58.9 Å². The largest absolute Gasteiger partial charge is 0.497 e. The molecule has 0 bridgehead atoms. The Bertz CT molecular complexity index is 1370. The van der Waals surface area contributed by atoms with Crippen LogP contribution >= 0.6 is 0 Å². The molecular weight excluding hydrogens is 570 g/mol. The van der Waals surface area contributed by atoms with Crippen molar-refractivity contribution < 1.29 is 19.1 Å². The second-order valence-electron chi connectivity index (χ2n) is 17.7. The monoisotopic (exact) mass is 631 g/mol. The summed E-state index contributed by atoms with van der Waals surface area (Å²) in [5, 5.41) is 3.46. The van der Waals surface area contributed by atoms with Gasteiger partial charge in [0.05, 0.1) is 12.5 Å². The highest BCUT2D eigenvalue weighted by Crippen LogP contribution is 2.77. The molecule has 10 atom stereocenters. The molecule has 254 valence electrons. The first-order valence-corrected chi connectivity index (χ1v) is 18.4. The Balaban J connectivity index is 1.26. The predicted octanol–water partition coefficient (Wildman–Crippen LogP) is 8.94. The number of benzene rings is 1. The van der Waals surface area contributed by atoms with Crippen LogP contribution in [-0.4, -0.2) is 31.6 Å². The first-order chi connectivity index (χ1) is 21.6. The number of fused-ring (bicyclic) bond motifs is 7. The zero-order chi connectivity index (χ0) is 33.3. The van der Waals surface area contributed by atoms with Crippen LogP contribution in [0.1, 0.15) is 118 Å². The van der Waals surface area contributed by atoms with Crippen molar-refractivity contribution in [3.05, 3.63) is 42.0 Å². The van der Waals surface area contributed by atoms with Gasteiger partial charge < -0.3 is 14.8 Å². The minimum atomic E-state index is -0.295. The molecule has 1 N–H and O–H groups in total. The van der Waals surface area contributed by atoms with Crippen LogP contribution < -0.4 is 10.1 Å². The summed E-state index contributed by atoms with van der Waals surface area (Å²) in [4.78, 5) is 26.5. The summed E-state index contributed by atoms with van der Waals surface area (Å²) in [6, 6.07) is 8.19. The molecule has 0 radical (unpaired) electrons. The molecule has 0 saturated heterocycles. The van der Waals surface area contributed by atoms with Gasteiger partial charge in [-0.3, -0.25) is 9.59 Å². The number of amides is 1. The summed E-state index contributed by atoms with van der Waals surface area (Å²) >= 11 is 0. The Morgan fingerprint density at radius 3 is 2.35 bits per heavy atom. The molecule has 5 nitrogen and oxygen atoms in total. The molecule has 1 aromatic carbocycles. The third kappa shape index (κ3) is 4.90. The normalized spacial score (nSPS) is 42.4. The number of carbonyl (C=O) groups is 2. The van der Waals surface area contributed by atoms with E-state index in [-0.39, 0.29) is 39.1 Å². The van der Waals surface area contributed by atoms with Gasteiger partial charge in [0, 0.05) is 18.9 Å². The van der Waals surface area contributed by atoms with Crippen molar-refractivity contribution in [1.82, 2.24) is 5.32 Å². The minimum absolute atomic E-state index is 0.00639. The van der Waals surface area contributed by atoms with E-state index in [0.29, 0.717) is 42.0 Å². The first kappa shape index (κ1) is 33.6. The van der Waals surface area contributed by atoms with Crippen LogP contribution in [0.2, 0.25) is 0 Å². The summed E-state index contributed by atoms with van der Waals surface area (Å²) in [7, 11) is 1.70. The third-order valence-electron chi connectivity index (χ3n) is 15.6. The highest BCUT2D eigenvalue weighted by molar-refractivity contribution is 5.84. The van der Waals surface area contributed by atoms with Gasteiger partial charge in [-0.05, 0) is 141 Å². The van der Waals surface area contributed by atoms with Crippen molar-refractivity contribution in [3.8, 4) is 5.75 Å². The molecule has 0 spiro atoms. The van der Waals surface area contributed by atoms with Crippen LogP contribution in [0.25, 0.3) is 0 Å². The quantitative estimate of drug-likeness (QED) is 0.241. The Morgan fingerprint density at radius 1 is 0.891 bits per heavy atom. The molecule has 1 aromatic rings. The maximum absolute atomic E-state index is 14.4. The molecule has 0 aliphatic heterocycles. The number of esters is 1. The van der Waals surface area contributed by atoms with Crippen LogP contribution in [0.4, 0.5) is 0 Å². The Hall–Kier alpha value is -2.30. The number of methoxy groups -OCH3 is 1. The van der Waals surface area contributed by atoms with E-state index >= 15 is 0 Å². The lowest BCUT2D eigenvalue weighted by Gasteiger charge is -2.72. The molecule has 0 aromatic heterocycles. The third-order valence-corrected chi connectivity index (χ3v) is 15.6. The van der Waals surface area contributed by atoms with Crippen LogP contribution in [0.3, 0.4) is 0 Å². The number of ether oxygens (including phenoxy) is 2. The molecule has 5 saturated carbocycles. The van der Waals surface area contributed by atoms with E-state index in [9.17, 15) is 9.59 Å². The number of carbonyl (C=O) groups excluding carboxylic acids is 2. The van der Waals surface area contributed by atoms with E-state index in [1.165, 1.54) is 36.8 Å². The molecule has 46 heavy (non-hydrogen) atoms. The fraction of sp³-hybridized carbons (Fsp3) is 0.756. The number of rotatable bonds is 7. The summed E-state index contributed by atoms with van der Waals surface area (Å²) in [5.74, 6) is 3.51. The van der Waals surface area contributed by atoms with Gasteiger partial charge in [-0.15, -0.1) is 0 Å². The lowest BCUT2D eigenvalue weighted by atomic mass is 9.32. The number of allylic oxidation sites excluding steroid dienone is 1. The Labute approximate surface area is 279 Å². The molecule has 6 rings (SSSR count). The summed E-state index contributed by atoms with van der Waals surface area (Å²) < 4.78 is 11.4. The number of nitrogens with one attached hydrogen (secondary N) is 1. The molecule has 5 heteroatoms. The van der Waals surface area contributed by atoms with E-state index in [2.05, 4.69) is 65.6 Å². The Kier molecular flexibility index (Phi) is 8.54. The molecule has 1 amide bonds. The predicted molar refractivity (Wildman–Crippen MR) is 184 cm³/mol. The van der Waals surface area contributed by atoms with Gasteiger partial charge in [0.2, 0.25) is 5.91 Å². The second kappa shape index (κ2) is 11.7. The van der Waals surface area contributed by atoms with Gasteiger partial charge in [0.1, 0.15) is 11.9 Å². The summed E-state index contributed by atoms with van der Waals surface area (Å²) in [6.45, 7) is 21.6. The van der Waals surface area contributed by atoms with Crippen molar-refractivity contribution in [2.45, 2.75) is 125 Å². The van der Waals surface area contributed by atoms with Crippen molar-refractivity contribution in [1.29, 1.82) is 0 Å². The maximum Gasteiger partial charge on any atom is 0.302 e. The van der Waals surface area contributed by atoms with Gasteiger partial charge in [0.15, 0.2) is 0 Å². The topological polar surface area (TPSA) is 64.6 Å². The highest BCUT2D eigenvalue weighted by atomic mass is 16.5. The Morgan fingerprint density at radius 2 is 1.65 bits per heavy atom. The van der Waals surface area contributed by atoms with E-state index in [4.69, 9.17) is 9.47 Å². The fourth-order valence-electron chi connectivity index (χ4n) is 13.2. The fourth-order valence-corrected chi connectivity index (χ4v) is 13.2. The van der Waals surface area contributed by atoms with Crippen molar-refractivity contribution in [2.75, 3.05) is 13.7 Å². The molecule has 5 aliphatic rings. The molecule has 5 aliphatic carbocycles. The minimum Gasteiger partial charge on any atom is -0.497 e. The summed E-state index contributed by atoms with van der Waals surface area (Å²) in [5.41, 5.74) is 2.79. The van der Waals surface area contributed by atoms with E-state index in [1.807, 2.05) is 12.1 Å². The van der Waals surface area contributed by atoms with Crippen LogP contribution in [0.15, 0.2) is 36.4 Å². The zero-order valence-corrected chi connectivity index (χ0v) is 30.1. The number of hydrogen-bond donors (Lipinski definition) is 1. The van der Waals surface area contributed by atoms with E-state index in [1.54, 1.807) is 14.0 Å². The van der Waals surface area contributed by atoms with Crippen LogP contribution in [0.5, 0.6) is 5.75 Å². The van der Waals surface area contributed by atoms with Crippen molar-refractivity contribution in [3.63, 3.8) is 0 Å². The lowest BCUT2D eigenvalue weighted by molar-refractivity contribution is -0.248. The van der Waals surface area contributed by atoms with Gasteiger partial charge in [-0.2, -0.15) is 0 Å². The van der Waals surface area contributed by atoms with Crippen molar-refractivity contribution >= 4 is 11.9 Å². The SMILES string of the molecule is C=C(C)[C@@H]1CC[C@]2(C(=O)NCCc3cccc(OC)c3)CC[C@]3(C)[C@H](CC[C@@H]4C5(C)CC[C@H](OC(C)=O)C(C)(C)C5CC[C@]43C)C12. The lowest BCUT2D eigenvalue weighted by Crippen LogP contribution is -2.67. The zero-order valence-electron chi connectivity index (χ0n) is 30.1. The van der Waals surface area contributed by atoms with E-state index < -0.39 is 0 Å². The second-order valence-corrected chi connectivity index (χ2v) is 17.7. The molecule has 3 unspecified atom stereocenters. The van der Waals surface area contributed by atoms with Gasteiger partial charge in [0.25, 0.3) is 0 Å².